The van der Waals surface area contributed by atoms with Gasteiger partial charge in [-0.2, -0.15) is 0 Å². The molecule has 2 aromatic heterocycles. The minimum Gasteiger partial charge on any atom is -0.303 e. The molecule has 0 aliphatic carbocycles. The maximum Gasteiger partial charge on any atom is 0.110 e. The first kappa shape index (κ1) is 11.0. The van der Waals surface area contributed by atoms with Crippen molar-refractivity contribution in [2.45, 2.75) is 20.8 Å². The smallest absolute Gasteiger partial charge is 0.110 e. The fraction of sp³-hybridized carbons (Fsp3) is 0.188. The van der Waals surface area contributed by atoms with Gasteiger partial charge in [0.2, 0.25) is 0 Å². The van der Waals surface area contributed by atoms with E-state index in [0.29, 0.717) is 0 Å². The van der Waals surface area contributed by atoms with E-state index in [2.05, 4.69) is 59.8 Å². The van der Waals surface area contributed by atoms with E-state index in [1.54, 1.807) is 0 Å². The highest BCUT2D eigenvalue weighted by molar-refractivity contribution is 5.69. The number of aromatic nitrogens is 2. The van der Waals surface area contributed by atoms with Crippen molar-refractivity contribution in [1.82, 2.24) is 9.38 Å². The third-order valence-corrected chi connectivity index (χ3v) is 3.42. The topological polar surface area (TPSA) is 17.3 Å². The van der Waals surface area contributed by atoms with Crippen molar-refractivity contribution in [3.8, 4) is 11.1 Å². The Kier molecular flexibility index (Phi) is 2.44. The number of fused-ring (bicyclic) bond motifs is 1. The quantitative estimate of drug-likeness (QED) is 0.626. The number of aryl methyl sites for hydroxylation is 3. The van der Waals surface area contributed by atoms with E-state index in [-0.39, 0.29) is 0 Å². The average molecular weight is 236 g/mol. The lowest BCUT2D eigenvalue weighted by molar-refractivity contribution is 1.05. The number of benzene rings is 1. The van der Waals surface area contributed by atoms with Crippen LogP contribution in [0.5, 0.6) is 0 Å². The average Bonchev–Trinajstić information content (AvgIpc) is 2.74. The molecule has 0 unspecified atom stereocenters. The van der Waals surface area contributed by atoms with Gasteiger partial charge in [0.25, 0.3) is 0 Å². The Labute approximate surface area is 107 Å². The number of hydrogen-bond acceptors (Lipinski definition) is 1. The van der Waals surface area contributed by atoms with Crippen molar-refractivity contribution >= 4 is 5.52 Å². The van der Waals surface area contributed by atoms with Crippen LogP contribution in [-0.4, -0.2) is 9.38 Å². The van der Waals surface area contributed by atoms with Crippen LogP contribution < -0.4 is 0 Å². The van der Waals surface area contributed by atoms with Crippen LogP contribution >= 0.6 is 0 Å². The summed E-state index contributed by atoms with van der Waals surface area (Å²) >= 11 is 0. The second-order valence-electron chi connectivity index (χ2n) is 4.84. The summed E-state index contributed by atoms with van der Waals surface area (Å²) in [5.74, 6) is 1.03. The van der Waals surface area contributed by atoms with E-state index < -0.39 is 0 Å². The zero-order chi connectivity index (χ0) is 12.7. The molecule has 0 saturated carbocycles. The van der Waals surface area contributed by atoms with E-state index >= 15 is 0 Å². The minimum absolute atomic E-state index is 1.03. The molecule has 0 radical (unpaired) electrons. The maximum absolute atomic E-state index is 4.33. The van der Waals surface area contributed by atoms with E-state index in [4.69, 9.17) is 0 Å². The van der Waals surface area contributed by atoms with Crippen LogP contribution in [0.2, 0.25) is 0 Å². The van der Waals surface area contributed by atoms with Crippen LogP contribution in [0, 0.1) is 20.8 Å². The lowest BCUT2D eigenvalue weighted by atomic mass is 10.00. The molecule has 2 heteroatoms. The summed E-state index contributed by atoms with van der Waals surface area (Å²) in [4.78, 5) is 4.33. The van der Waals surface area contributed by atoms with Gasteiger partial charge in [-0.05, 0) is 43.5 Å². The molecule has 0 aliphatic rings. The van der Waals surface area contributed by atoms with Crippen LogP contribution in [0.25, 0.3) is 16.6 Å². The molecule has 0 fully saturated rings. The molecule has 0 amide bonds. The van der Waals surface area contributed by atoms with Crippen LogP contribution in [0.15, 0.2) is 42.7 Å². The standard InChI is InChI=1S/C16H16N2/c1-11-4-5-12(2)16(8-11)14-6-7-15-9-17-13(3)18(15)10-14/h4-10H,1-3H3. The molecule has 1 aromatic carbocycles. The maximum atomic E-state index is 4.33. The van der Waals surface area contributed by atoms with E-state index in [9.17, 15) is 0 Å². The number of hydrogen-bond donors (Lipinski definition) is 0. The van der Waals surface area contributed by atoms with Gasteiger partial charge in [0.1, 0.15) is 5.82 Å². The summed E-state index contributed by atoms with van der Waals surface area (Å²) in [6.45, 7) is 6.31. The van der Waals surface area contributed by atoms with E-state index in [1.807, 2.05) is 13.1 Å². The van der Waals surface area contributed by atoms with Crippen molar-refractivity contribution in [1.29, 1.82) is 0 Å². The zero-order valence-corrected chi connectivity index (χ0v) is 10.9. The third-order valence-electron chi connectivity index (χ3n) is 3.42. The highest BCUT2D eigenvalue weighted by atomic mass is 15.0. The van der Waals surface area contributed by atoms with E-state index in [1.165, 1.54) is 22.3 Å². The van der Waals surface area contributed by atoms with Gasteiger partial charge in [0.15, 0.2) is 0 Å². The molecular formula is C16H16N2. The molecule has 0 N–H and O–H groups in total. The van der Waals surface area contributed by atoms with Crippen molar-refractivity contribution in [3.05, 3.63) is 59.7 Å². The van der Waals surface area contributed by atoms with Crippen molar-refractivity contribution in [2.75, 3.05) is 0 Å². The highest BCUT2D eigenvalue weighted by Crippen LogP contribution is 2.25. The van der Waals surface area contributed by atoms with Crippen molar-refractivity contribution in [3.63, 3.8) is 0 Å². The summed E-state index contributed by atoms with van der Waals surface area (Å²) in [6, 6.07) is 10.9. The number of pyridine rings is 1. The zero-order valence-electron chi connectivity index (χ0n) is 10.9. The molecule has 3 rings (SSSR count). The van der Waals surface area contributed by atoms with Crippen molar-refractivity contribution in [2.24, 2.45) is 0 Å². The molecule has 2 heterocycles. The first-order valence-corrected chi connectivity index (χ1v) is 6.16. The fourth-order valence-corrected chi connectivity index (χ4v) is 2.33. The van der Waals surface area contributed by atoms with Gasteiger partial charge in [0.05, 0.1) is 11.7 Å². The van der Waals surface area contributed by atoms with Crippen molar-refractivity contribution < 1.29 is 0 Å². The Morgan fingerprint density at radius 2 is 1.83 bits per heavy atom. The second-order valence-corrected chi connectivity index (χ2v) is 4.84. The first-order valence-electron chi connectivity index (χ1n) is 6.16. The van der Waals surface area contributed by atoms with Gasteiger partial charge < -0.3 is 4.40 Å². The summed E-state index contributed by atoms with van der Waals surface area (Å²) in [5, 5.41) is 0. The number of imidazole rings is 1. The minimum atomic E-state index is 1.03. The summed E-state index contributed by atoms with van der Waals surface area (Å²) < 4.78 is 2.14. The highest BCUT2D eigenvalue weighted by Gasteiger charge is 2.05. The van der Waals surface area contributed by atoms with Crippen LogP contribution in [0.1, 0.15) is 17.0 Å². The fourth-order valence-electron chi connectivity index (χ4n) is 2.33. The molecule has 0 spiro atoms. The molecule has 0 aliphatic heterocycles. The second kappa shape index (κ2) is 3.98. The van der Waals surface area contributed by atoms with Gasteiger partial charge in [-0.25, -0.2) is 4.98 Å². The number of rotatable bonds is 1. The van der Waals surface area contributed by atoms with Gasteiger partial charge in [-0.3, -0.25) is 0 Å². The Morgan fingerprint density at radius 1 is 1.00 bits per heavy atom. The molecule has 0 bridgehead atoms. The van der Waals surface area contributed by atoms with Gasteiger partial charge in [-0.1, -0.05) is 29.8 Å². The molecule has 2 nitrogen and oxygen atoms in total. The Morgan fingerprint density at radius 3 is 2.67 bits per heavy atom. The van der Waals surface area contributed by atoms with Crippen LogP contribution in [0.4, 0.5) is 0 Å². The monoisotopic (exact) mass is 236 g/mol. The first-order chi connectivity index (χ1) is 8.65. The molecule has 90 valence electrons. The Hall–Kier alpha value is -2.09. The predicted octanol–water partition coefficient (Wildman–Crippen LogP) is 3.93. The summed E-state index contributed by atoms with van der Waals surface area (Å²) in [5.41, 5.74) is 6.27. The normalized spacial score (nSPS) is 11.1. The van der Waals surface area contributed by atoms with Crippen LogP contribution in [-0.2, 0) is 0 Å². The van der Waals surface area contributed by atoms with E-state index in [0.717, 1.165) is 11.3 Å². The Balaban J connectivity index is 2.24. The van der Waals surface area contributed by atoms with Gasteiger partial charge in [0, 0.05) is 6.20 Å². The molecule has 18 heavy (non-hydrogen) atoms. The number of nitrogens with zero attached hydrogens (tertiary/aromatic N) is 2. The summed E-state index contributed by atoms with van der Waals surface area (Å²) in [7, 11) is 0. The SMILES string of the molecule is Cc1ccc(C)c(-c2ccc3cnc(C)n3c2)c1. The summed E-state index contributed by atoms with van der Waals surface area (Å²) in [6.07, 6.45) is 4.07. The van der Waals surface area contributed by atoms with Gasteiger partial charge in [-0.15, -0.1) is 0 Å². The predicted molar refractivity (Wildman–Crippen MR) is 74.8 cm³/mol. The van der Waals surface area contributed by atoms with Crippen LogP contribution in [0.3, 0.4) is 0 Å². The molecule has 3 aromatic rings. The molecule has 0 saturated heterocycles. The molecule has 0 atom stereocenters. The lowest BCUT2D eigenvalue weighted by Gasteiger charge is -2.08. The molecular weight excluding hydrogens is 220 g/mol. The van der Waals surface area contributed by atoms with Gasteiger partial charge >= 0.3 is 0 Å². The third kappa shape index (κ3) is 1.70. The largest absolute Gasteiger partial charge is 0.303 e. The lowest BCUT2D eigenvalue weighted by Crippen LogP contribution is -1.91. The Bertz CT molecular complexity index is 723.